The largest absolute Gasteiger partial charge is 0.495 e. The zero-order valence-electron chi connectivity index (χ0n) is 14.4. The molecule has 1 heterocycles. The summed E-state index contributed by atoms with van der Waals surface area (Å²) in [5.41, 5.74) is 1.15. The van der Waals surface area contributed by atoms with Crippen LogP contribution in [0.15, 0.2) is 48.5 Å². The van der Waals surface area contributed by atoms with E-state index in [0.29, 0.717) is 22.9 Å². The molecule has 0 spiro atoms. The number of fused-ring (bicyclic) bond motifs is 1. The van der Waals surface area contributed by atoms with Gasteiger partial charge in [-0.3, -0.25) is 14.5 Å². The lowest BCUT2D eigenvalue weighted by molar-refractivity contribution is -0.128. The lowest BCUT2D eigenvalue weighted by atomic mass is 10.1. The fourth-order valence-electron chi connectivity index (χ4n) is 2.81. The Hall–Kier alpha value is -3.02. The Balaban J connectivity index is 1.88. The molecule has 2 atom stereocenters. The average molecular weight is 340 g/mol. The van der Waals surface area contributed by atoms with Gasteiger partial charge in [0, 0.05) is 0 Å². The highest BCUT2D eigenvalue weighted by Crippen LogP contribution is 2.35. The molecular formula is C19H20N2O4. The first-order valence-electron chi connectivity index (χ1n) is 8.05. The number of hydrogen-bond donors (Lipinski definition) is 1. The van der Waals surface area contributed by atoms with Gasteiger partial charge in [-0.15, -0.1) is 0 Å². The summed E-state index contributed by atoms with van der Waals surface area (Å²) in [4.78, 5) is 26.8. The van der Waals surface area contributed by atoms with Gasteiger partial charge < -0.3 is 14.8 Å². The lowest BCUT2D eigenvalue weighted by Crippen LogP contribution is -2.52. The summed E-state index contributed by atoms with van der Waals surface area (Å²) in [6.45, 7) is 3.37. The maximum absolute atomic E-state index is 12.7. The maximum Gasteiger partial charge on any atom is 0.268 e. The number of ether oxygens (including phenoxy) is 2. The van der Waals surface area contributed by atoms with Gasteiger partial charge in [0.2, 0.25) is 5.91 Å². The van der Waals surface area contributed by atoms with E-state index in [-0.39, 0.29) is 11.8 Å². The molecule has 130 valence electrons. The summed E-state index contributed by atoms with van der Waals surface area (Å²) in [7, 11) is 1.54. The number of rotatable bonds is 4. The molecule has 0 saturated heterocycles. The molecule has 0 fully saturated rings. The van der Waals surface area contributed by atoms with Crippen molar-refractivity contribution in [3.05, 3.63) is 48.5 Å². The van der Waals surface area contributed by atoms with E-state index in [1.54, 1.807) is 44.2 Å². The molecule has 2 unspecified atom stereocenters. The number of nitrogens with zero attached hydrogens (tertiary/aromatic N) is 1. The van der Waals surface area contributed by atoms with Crippen molar-refractivity contribution in [2.75, 3.05) is 17.3 Å². The molecule has 0 bridgehead atoms. The van der Waals surface area contributed by atoms with E-state index in [2.05, 4.69) is 5.32 Å². The highest BCUT2D eigenvalue weighted by molar-refractivity contribution is 6.08. The van der Waals surface area contributed by atoms with Crippen molar-refractivity contribution >= 4 is 23.2 Å². The van der Waals surface area contributed by atoms with Crippen molar-refractivity contribution in [2.45, 2.75) is 26.0 Å². The Bertz CT molecular complexity index is 806. The summed E-state index contributed by atoms with van der Waals surface area (Å²) < 4.78 is 10.9. The lowest BCUT2D eigenvalue weighted by Gasteiger charge is -2.36. The quantitative estimate of drug-likeness (QED) is 0.929. The predicted octanol–water partition coefficient (Wildman–Crippen LogP) is 2.84. The van der Waals surface area contributed by atoms with E-state index in [1.807, 2.05) is 18.2 Å². The van der Waals surface area contributed by atoms with Crippen molar-refractivity contribution in [1.29, 1.82) is 0 Å². The van der Waals surface area contributed by atoms with Gasteiger partial charge in [0.05, 0.1) is 18.5 Å². The predicted molar refractivity (Wildman–Crippen MR) is 95.1 cm³/mol. The molecule has 2 amide bonds. The molecule has 1 aliphatic heterocycles. The third kappa shape index (κ3) is 3.15. The number of carbonyl (C=O) groups is 2. The minimum Gasteiger partial charge on any atom is -0.495 e. The van der Waals surface area contributed by atoms with Crippen LogP contribution in [0.1, 0.15) is 13.8 Å². The summed E-state index contributed by atoms with van der Waals surface area (Å²) in [6.07, 6.45) is -0.642. The van der Waals surface area contributed by atoms with Crippen molar-refractivity contribution in [1.82, 2.24) is 0 Å². The Labute approximate surface area is 146 Å². The van der Waals surface area contributed by atoms with E-state index in [1.165, 1.54) is 12.0 Å². The number of para-hydroxylation sites is 4. The molecule has 6 nitrogen and oxygen atoms in total. The first-order chi connectivity index (χ1) is 12.0. The van der Waals surface area contributed by atoms with Gasteiger partial charge in [-0.25, -0.2) is 0 Å². The average Bonchev–Trinajstić information content (AvgIpc) is 2.62. The number of hydrogen-bond acceptors (Lipinski definition) is 4. The second kappa shape index (κ2) is 6.84. The number of methoxy groups -OCH3 is 1. The molecule has 6 heteroatoms. The van der Waals surface area contributed by atoms with Crippen molar-refractivity contribution in [3.8, 4) is 11.5 Å². The van der Waals surface area contributed by atoms with Crippen LogP contribution >= 0.6 is 0 Å². The van der Waals surface area contributed by atoms with E-state index in [9.17, 15) is 9.59 Å². The zero-order chi connectivity index (χ0) is 18.0. The van der Waals surface area contributed by atoms with Gasteiger partial charge in [0.25, 0.3) is 5.91 Å². The van der Waals surface area contributed by atoms with Crippen LogP contribution in [0.2, 0.25) is 0 Å². The number of nitrogens with one attached hydrogen (secondary N) is 1. The third-order valence-electron chi connectivity index (χ3n) is 4.15. The molecule has 0 aliphatic carbocycles. The highest BCUT2D eigenvalue weighted by atomic mass is 16.5. The third-order valence-corrected chi connectivity index (χ3v) is 4.15. The smallest absolute Gasteiger partial charge is 0.268 e. The molecule has 1 aliphatic rings. The molecule has 0 aromatic heterocycles. The molecule has 0 radical (unpaired) electrons. The minimum atomic E-state index is -0.704. The van der Waals surface area contributed by atoms with Crippen LogP contribution in [0.3, 0.4) is 0 Å². The van der Waals surface area contributed by atoms with Crippen LogP contribution in [0.5, 0.6) is 11.5 Å². The topological polar surface area (TPSA) is 67.9 Å². The van der Waals surface area contributed by atoms with Crippen molar-refractivity contribution in [3.63, 3.8) is 0 Å². The maximum atomic E-state index is 12.7. The molecule has 0 saturated carbocycles. The van der Waals surface area contributed by atoms with Crippen LogP contribution in [0.25, 0.3) is 0 Å². The van der Waals surface area contributed by atoms with Crippen molar-refractivity contribution in [2.24, 2.45) is 0 Å². The van der Waals surface area contributed by atoms with Gasteiger partial charge in [-0.2, -0.15) is 0 Å². The first-order valence-corrected chi connectivity index (χ1v) is 8.05. The fraction of sp³-hybridized carbons (Fsp3) is 0.263. The summed E-state index contributed by atoms with van der Waals surface area (Å²) in [6, 6.07) is 13.6. The zero-order valence-corrected chi connectivity index (χ0v) is 14.4. The van der Waals surface area contributed by atoms with E-state index in [0.717, 1.165) is 0 Å². The molecule has 2 aromatic carbocycles. The number of benzene rings is 2. The van der Waals surface area contributed by atoms with Gasteiger partial charge in [0.1, 0.15) is 17.5 Å². The van der Waals surface area contributed by atoms with Crippen LogP contribution in [0.4, 0.5) is 11.4 Å². The summed E-state index contributed by atoms with van der Waals surface area (Å²) >= 11 is 0. The van der Waals surface area contributed by atoms with Crippen molar-refractivity contribution < 1.29 is 19.1 Å². The summed E-state index contributed by atoms with van der Waals surface area (Å²) in [5, 5.41) is 2.83. The molecule has 1 N–H and O–H groups in total. The number of anilines is 2. The van der Waals surface area contributed by atoms with E-state index >= 15 is 0 Å². The molecule has 2 aromatic rings. The van der Waals surface area contributed by atoms with Crippen LogP contribution in [-0.4, -0.2) is 31.1 Å². The highest BCUT2D eigenvalue weighted by Gasteiger charge is 2.37. The second-order valence-corrected chi connectivity index (χ2v) is 5.80. The van der Waals surface area contributed by atoms with Gasteiger partial charge >= 0.3 is 0 Å². The van der Waals surface area contributed by atoms with Gasteiger partial charge in [0.15, 0.2) is 6.10 Å². The Morgan fingerprint density at radius 3 is 2.64 bits per heavy atom. The Kier molecular flexibility index (Phi) is 4.61. The Morgan fingerprint density at radius 1 is 1.20 bits per heavy atom. The van der Waals surface area contributed by atoms with Gasteiger partial charge in [-0.05, 0) is 38.1 Å². The minimum absolute atomic E-state index is 0.249. The molecular weight excluding hydrogens is 320 g/mol. The second-order valence-electron chi connectivity index (χ2n) is 5.80. The van der Waals surface area contributed by atoms with Crippen LogP contribution in [0, 0.1) is 0 Å². The normalized spacial score (nSPS) is 17.3. The van der Waals surface area contributed by atoms with Crippen LogP contribution in [-0.2, 0) is 9.59 Å². The number of amides is 2. The first kappa shape index (κ1) is 16.8. The molecule has 25 heavy (non-hydrogen) atoms. The standard InChI is InChI=1S/C19H20N2O4/c1-12(18(22)20-14-8-4-6-10-16(14)24-3)21-15-9-5-7-11-17(15)25-13(2)19(21)23/h4-13H,1-3H3,(H,20,22). The van der Waals surface area contributed by atoms with Gasteiger partial charge in [-0.1, -0.05) is 24.3 Å². The SMILES string of the molecule is COc1ccccc1NC(=O)C(C)N1C(=O)C(C)Oc2ccccc21. The fourth-order valence-corrected chi connectivity index (χ4v) is 2.81. The summed E-state index contributed by atoms with van der Waals surface area (Å²) in [5.74, 6) is 0.597. The Morgan fingerprint density at radius 2 is 1.88 bits per heavy atom. The van der Waals surface area contributed by atoms with E-state index in [4.69, 9.17) is 9.47 Å². The van der Waals surface area contributed by atoms with Crippen LogP contribution < -0.4 is 19.7 Å². The number of carbonyl (C=O) groups excluding carboxylic acids is 2. The molecule has 3 rings (SSSR count). The van der Waals surface area contributed by atoms with E-state index < -0.39 is 12.1 Å². The monoisotopic (exact) mass is 340 g/mol.